The molecule has 52 valence electrons. The average molecular weight is 287 g/mol. The quantitative estimate of drug-likeness (QED) is 0.720. The molecule has 0 aliphatic rings. The van der Waals surface area contributed by atoms with Gasteiger partial charge in [0, 0.05) is 21.1 Å². The first-order chi connectivity index (χ1) is 2.56. The molecular weight excluding hydrogens is 270 g/mol. The molecule has 2 N–H and O–H groups in total. The third kappa shape index (κ3) is 15.9. The van der Waals surface area contributed by atoms with Gasteiger partial charge in [-0.2, -0.15) is 0 Å². The molecule has 0 saturated heterocycles. The predicted octanol–water partition coefficient (Wildman–Crippen LogP) is 1.62. The Morgan fingerprint density at radius 3 is 1.38 bits per heavy atom. The van der Waals surface area contributed by atoms with Crippen LogP contribution in [0.5, 0.6) is 0 Å². The third-order valence-corrected chi connectivity index (χ3v) is 0.612. The zero-order valence-corrected chi connectivity index (χ0v) is 8.13. The molecule has 0 aromatic heterocycles. The van der Waals surface area contributed by atoms with E-state index in [1.165, 1.54) is 0 Å². The molecule has 0 spiro atoms. The van der Waals surface area contributed by atoms with Crippen LogP contribution in [0.25, 0.3) is 0 Å². The summed E-state index contributed by atoms with van der Waals surface area (Å²) >= 11 is 0. The van der Waals surface area contributed by atoms with Gasteiger partial charge in [-0.3, -0.25) is 0 Å². The van der Waals surface area contributed by atoms with Crippen LogP contribution in [-0.4, -0.2) is 6.54 Å². The summed E-state index contributed by atoms with van der Waals surface area (Å²) in [5, 5.41) is 0. The van der Waals surface area contributed by atoms with Crippen molar-refractivity contribution in [1.82, 2.24) is 0 Å². The molecule has 2 heteroatoms. The Hall–Kier alpha value is 0.648. The van der Waals surface area contributed by atoms with Gasteiger partial charge in [-0.15, -0.1) is 0 Å². The van der Waals surface area contributed by atoms with E-state index in [-0.39, 0.29) is 28.5 Å². The van der Waals surface area contributed by atoms with Crippen molar-refractivity contribution in [3.05, 3.63) is 0 Å². The van der Waals surface area contributed by atoms with Gasteiger partial charge in [0.2, 0.25) is 0 Å². The molecule has 0 atom stereocenters. The van der Waals surface area contributed by atoms with Crippen molar-refractivity contribution < 1.29 is 21.1 Å². The first-order valence-electron chi connectivity index (χ1n) is 2.26. The number of nitrogens with two attached hydrogens (primary N) is 1. The van der Waals surface area contributed by atoms with Gasteiger partial charge in [-0.1, -0.05) is 28.2 Å². The Morgan fingerprint density at radius 1 is 1.25 bits per heavy atom. The first-order valence-corrected chi connectivity index (χ1v) is 2.26. The monoisotopic (exact) mass is 287 g/mol. The molecule has 0 radical (unpaired) electrons. The van der Waals surface area contributed by atoms with Crippen LogP contribution in [0.2, 0.25) is 0 Å². The van der Waals surface area contributed by atoms with Crippen LogP contribution in [0.15, 0.2) is 0 Å². The van der Waals surface area contributed by atoms with E-state index >= 15 is 0 Å². The summed E-state index contributed by atoms with van der Waals surface area (Å²) in [4.78, 5) is 0. The fourth-order valence-electron chi connectivity index (χ4n) is 0. The van der Waals surface area contributed by atoms with Gasteiger partial charge in [-0.25, -0.2) is 0 Å². The summed E-state index contributed by atoms with van der Waals surface area (Å²) in [6.07, 6.45) is 0. The van der Waals surface area contributed by atoms with Gasteiger partial charge >= 0.3 is 0 Å². The van der Waals surface area contributed by atoms with Gasteiger partial charge in [0.05, 0.1) is 0 Å². The van der Waals surface area contributed by atoms with Crippen LogP contribution in [0, 0.1) is 5.41 Å². The molecular formula is C6H17NW. The Kier molecular flexibility index (Phi) is 11.5. The van der Waals surface area contributed by atoms with E-state index in [1.54, 1.807) is 0 Å². The van der Waals surface area contributed by atoms with Crippen LogP contribution >= 0.6 is 0 Å². The molecule has 0 saturated carbocycles. The van der Waals surface area contributed by atoms with Crippen LogP contribution in [-0.2, 0) is 21.1 Å². The SMILES string of the molecule is C.CC(C)(C)CN.[W]. The molecule has 0 bridgehead atoms. The first kappa shape index (κ1) is 15.9. The predicted molar refractivity (Wildman–Crippen MR) is 35.2 cm³/mol. The summed E-state index contributed by atoms with van der Waals surface area (Å²) in [7, 11) is 0. The third-order valence-electron chi connectivity index (χ3n) is 0.612. The standard InChI is InChI=1S/C5H13N.CH4.W/c1-5(2,3)4-6;;/h4,6H2,1-3H3;1H4;. The van der Waals surface area contributed by atoms with Crippen LogP contribution < -0.4 is 5.73 Å². The summed E-state index contributed by atoms with van der Waals surface area (Å²) in [5.41, 5.74) is 5.62. The number of rotatable bonds is 0. The molecule has 0 amide bonds. The molecule has 0 aromatic rings. The maximum Gasteiger partial charge on any atom is 0 e. The fourth-order valence-corrected chi connectivity index (χ4v) is 0. The van der Waals surface area contributed by atoms with Crippen molar-refractivity contribution in [1.29, 1.82) is 0 Å². The Labute approximate surface area is 67.3 Å². The van der Waals surface area contributed by atoms with Crippen LogP contribution in [0.1, 0.15) is 28.2 Å². The minimum absolute atomic E-state index is 0. The summed E-state index contributed by atoms with van der Waals surface area (Å²) in [5.74, 6) is 0. The van der Waals surface area contributed by atoms with E-state index in [0.717, 1.165) is 6.54 Å². The van der Waals surface area contributed by atoms with Crippen molar-refractivity contribution in [3.8, 4) is 0 Å². The molecule has 8 heavy (non-hydrogen) atoms. The van der Waals surface area contributed by atoms with E-state index in [9.17, 15) is 0 Å². The zero-order chi connectivity index (χ0) is 5.21. The van der Waals surface area contributed by atoms with Crippen molar-refractivity contribution in [2.24, 2.45) is 11.1 Å². The minimum atomic E-state index is 0. The van der Waals surface area contributed by atoms with Crippen molar-refractivity contribution in [3.63, 3.8) is 0 Å². The van der Waals surface area contributed by atoms with Crippen LogP contribution in [0.4, 0.5) is 0 Å². The van der Waals surface area contributed by atoms with E-state index in [2.05, 4.69) is 20.8 Å². The summed E-state index contributed by atoms with van der Waals surface area (Å²) in [6.45, 7) is 7.12. The normalized spacial score (nSPS) is 9.00. The second-order valence-corrected chi connectivity index (χ2v) is 2.76. The van der Waals surface area contributed by atoms with E-state index in [1.807, 2.05) is 0 Å². The van der Waals surface area contributed by atoms with E-state index in [0.29, 0.717) is 5.41 Å². The van der Waals surface area contributed by atoms with Crippen molar-refractivity contribution >= 4 is 0 Å². The van der Waals surface area contributed by atoms with E-state index < -0.39 is 0 Å². The summed E-state index contributed by atoms with van der Waals surface area (Å²) in [6, 6.07) is 0. The molecule has 0 aliphatic heterocycles. The minimum Gasteiger partial charge on any atom is -0.330 e. The van der Waals surface area contributed by atoms with E-state index in [4.69, 9.17) is 5.73 Å². The summed E-state index contributed by atoms with van der Waals surface area (Å²) < 4.78 is 0. The molecule has 0 unspecified atom stereocenters. The Balaban J connectivity index is -0.000000125. The second kappa shape index (κ2) is 5.78. The number of hydrogen-bond donors (Lipinski definition) is 1. The Morgan fingerprint density at radius 2 is 1.38 bits per heavy atom. The maximum absolute atomic E-state index is 5.31. The van der Waals surface area contributed by atoms with Crippen molar-refractivity contribution in [2.75, 3.05) is 6.54 Å². The largest absolute Gasteiger partial charge is 0.330 e. The topological polar surface area (TPSA) is 26.0 Å². The zero-order valence-electron chi connectivity index (χ0n) is 5.19. The van der Waals surface area contributed by atoms with Gasteiger partial charge in [-0.05, 0) is 12.0 Å². The van der Waals surface area contributed by atoms with Gasteiger partial charge in [0.15, 0.2) is 0 Å². The van der Waals surface area contributed by atoms with Gasteiger partial charge in [0.1, 0.15) is 0 Å². The smallest absolute Gasteiger partial charge is 0 e. The molecule has 0 heterocycles. The van der Waals surface area contributed by atoms with Crippen molar-refractivity contribution in [2.45, 2.75) is 28.2 Å². The number of hydrogen-bond acceptors (Lipinski definition) is 1. The molecule has 0 aromatic carbocycles. The second-order valence-electron chi connectivity index (χ2n) is 2.76. The maximum atomic E-state index is 5.31. The molecule has 0 aliphatic carbocycles. The molecule has 0 rings (SSSR count). The Bertz CT molecular complexity index is 38.3. The van der Waals surface area contributed by atoms with Gasteiger partial charge < -0.3 is 5.73 Å². The van der Waals surface area contributed by atoms with Crippen LogP contribution in [0.3, 0.4) is 0 Å². The van der Waals surface area contributed by atoms with Gasteiger partial charge in [0.25, 0.3) is 0 Å². The average Bonchev–Trinajstić information content (AvgIpc) is 1.35. The molecule has 1 nitrogen and oxygen atoms in total. The fraction of sp³-hybridized carbons (Fsp3) is 1.00. The molecule has 0 fully saturated rings.